The largest absolute Gasteiger partial charge is 0.493 e. The van der Waals surface area contributed by atoms with E-state index in [2.05, 4.69) is 10.6 Å². The Labute approximate surface area is 151 Å². The van der Waals surface area contributed by atoms with Gasteiger partial charge in [-0.3, -0.25) is 0 Å². The number of nitrogens with one attached hydrogen (secondary N) is 2. The van der Waals surface area contributed by atoms with E-state index in [4.69, 9.17) is 14.6 Å². The van der Waals surface area contributed by atoms with Crippen molar-refractivity contribution in [1.29, 1.82) is 0 Å². The molecule has 0 aromatic heterocycles. The Hall–Kier alpha value is -3.22. The maximum atomic E-state index is 12.1. The second-order valence-electron chi connectivity index (χ2n) is 5.84. The van der Waals surface area contributed by atoms with Crippen LogP contribution in [0.25, 0.3) is 0 Å². The van der Waals surface area contributed by atoms with Gasteiger partial charge in [0.25, 0.3) is 0 Å². The van der Waals surface area contributed by atoms with Crippen LogP contribution in [-0.4, -0.2) is 30.3 Å². The zero-order valence-electron chi connectivity index (χ0n) is 14.9. The van der Waals surface area contributed by atoms with Crippen molar-refractivity contribution in [3.63, 3.8) is 0 Å². The summed E-state index contributed by atoms with van der Waals surface area (Å²) in [7, 11) is 1.55. The maximum Gasteiger partial charge on any atom is 0.335 e. The average molecular weight is 358 g/mol. The zero-order chi connectivity index (χ0) is 19.1. The summed E-state index contributed by atoms with van der Waals surface area (Å²) in [6, 6.07) is 11.1. The molecule has 2 aromatic carbocycles. The highest BCUT2D eigenvalue weighted by Crippen LogP contribution is 2.31. The molecule has 0 aliphatic heterocycles. The van der Waals surface area contributed by atoms with Crippen LogP contribution in [0.3, 0.4) is 0 Å². The molecule has 0 spiro atoms. The van der Waals surface area contributed by atoms with E-state index in [1.807, 2.05) is 13.8 Å². The van der Waals surface area contributed by atoms with Gasteiger partial charge in [-0.15, -0.1) is 0 Å². The van der Waals surface area contributed by atoms with Gasteiger partial charge in [-0.25, -0.2) is 9.59 Å². The number of anilines is 1. The molecular weight excluding hydrogens is 336 g/mol. The molecule has 0 saturated carbocycles. The molecule has 3 N–H and O–H groups in total. The molecule has 0 aliphatic carbocycles. The summed E-state index contributed by atoms with van der Waals surface area (Å²) >= 11 is 0. The van der Waals surface area contributed by atoms with Crippen molar-refractivity contribution in [3.05, 3.63) is 53.6 Å². The van der Waals surface area contributed by atoms with E-state index in [0.29, 0.717) is 17.2 Å². The number of methoxy groups -OCH3 is 1. The van der Waals surface area contributed by atoms with Gasteiger partial charge < -0.3 is 25.2 Å². The van der Waals surface area contributed by atoms with Crippen molar-refractivity contribution in [2.75, 3.05) is 12.4 Å². The molecule has 0 fully saturated rings. The second kappa shape index (κ2) is 8.75. The topological polar surface area (TPSA) is 96.9 Å². The molecule has 0 radical (unpaired) electrons. The number of carboxylic acid groups (broad SMARTS) is 1. The van der Waals surface area contributed by atoms with Gasteiger partial charge >= 0.3 is 12.0 Å². The number of aromatic carboxylic acids is 1. The second-order valence-corrected chi connectivity index (χ2v) is 5.84. The highest BCUT2D eigenvalue weighted by molar-refractivity contribution is 5.89. The van der Waals surface area contributed by atoms with Gasteiger partial charge in [0.2, 0.25) is 0 Å². The van der Waals surface area contributed by atoms with Crippen LogP contribution in [0.4, 0.5) is 10.5 Å². The molecule has 138 valence electrons. The summed E-state index contributed by atoms with van der Waals surface area (Å²) in [6.45, 7) is 4.08. The Bertz CT molecular complexity index is 772. The molecule has 0 aliphatic rings. The Morgan fingerprint density at radius 1 is 1.08 bits per heavy atom. The molecule has 0 saturated heterocycles. The number of carbonyl (C=O) groups excluding carboxylic acids is 1. The number of rotatable bonds is 7. The molecule has 2 amide bonds. The highest BCUT2D eigenvalue weighted by atomic mass is 16.5. The van der Waals surface area contributed by atoms with Crippen molar-refractivity contribution in [2.24, 2.45) is 0 Å². The molecule has 0 heterocycles. The quantitative estimate of drug-likeness (QED) is 0.704. The van der Waals surface area contributed by atoms with Crippen molar-refractivity contribution in [3.8, 4) is 11.5 Å². The van der Waals surface area contributed by atoms with E-state index in [1.54, 1.807) is 37.4 Å². The van der Waals surface area contributed by atoms with Gasteiger partial charge in [-0.05, 0) is 43.7 Å². The number of carbonyl (C=O) groups is 2. The molecule has 0 bridgehead atoms. The SMILES string of the molecule is COc1ccc(NC(=O)NCc2ccc(C(=O)O)cc2)cc1OC(C)C. The molecule has 0 atom stereocenters. The molecule has 2 aromatic rings. The van der Waals surface area contributed by atoms with E-state index in [1.165, 1.54) is 12.1 Å². The standard InChI is InChI=1S/C19H22N2O5/c1-12(2)26-17-10-15(8-9-16(17)25-3)21-19(24)20-11-13-4-6-14(7-5-13)18(22)23/h4-10,12H,11H2,1-3H3,(H,22,23)(H2,20,21,24). The first-order valence-corrected chi connectivity index (χ1v) is 8.11. The summed E-state index contributed by atoms with van der Waals surface area (Å²) in [4.78, 5) is 22.9. The lowest BCUT2D eigenvalue weighted by molar-refractivity contribution is 0.0697. The summed E-state index contributed by atoms with van der Waals surface area (Å²) in [5.41, 5.74) is 1.57. The van der Waals surface area contributed by atoms with Crippen LogP contribution in [0.2, 0.25) is 0 Å². The fourth-order valence-electron chi connectivity index (χ4n) is 2.22. The van der Waals surface area contributed by atoms with E-state index < -0.39 is 5.97 Å². The van der Waals surface area contributed by atoms with Gasteiger partial charge in [-0.2, -0.15) is 0 Å². The minimum atomic E-state index is -0.985. The summed E-state index contributed by atoms with van der Waals surface area (Å²) in [5, 5.41) is 14.3. The van der Waals surface area contributed by atoms with Gasteiger partial charge in [-0.1, -0.05) is 12.1 Å². The molecule has 2 rings (SSSR count). The van der Waals surface area contributed by atoms with Crippen LogP contribution in [0, 0.1) is 0 Å². The highest BCUT2D eigenvalue weighted by Gasteiger charge is 2.10. The first-order chi connectivity index (χ1) is 12.4. The van der Waals surface area contributed by atoms with Gasteiger partial charge in [0.1, 0.15) is 0 Å². The molecule has 26 heavy (non-hydrogen) atoms. The third kappa shape index (κ3) is 5.41. The van der Waals surface area contributed by atoms with E-state index in [0.717, 1.165) is 5.56 Å². The first kappa shape index (κ1) is 19.1. The predicted molar refractivity (Wildman–Crippen MR) is 98.0 cm³/mol. The first-order valence-electron chi connectivity index (χ1n) is 8.11. The monoisotopic (exact) mass is 358 g/mol. The average Bonchev–Trinajstić information content (AvgIpc) is 2.60. The fourth-order valence-corrected chi connectivity index (χ4v) is 2.22. The van der Waals surface area contributed by atoms with Gasteiger partial charge in [0.15, 0.2) is 11.5 Å². The Balaban J connectivity index is 1.95. The molecule has 7 nitrogen and oxygen atoms in total. The number of hydrogen-bond donors (Lipinski definition) is 3. The predicted octanol–water partition coefficient (Wildman–Crippen LogP) is 3.50. The van der Waals surface area contributed by atoms with Crippen molar-refractivity contribution >= 4 is 17.7 Å². The zero-order valence-corrected chi connectivity index (χ0v) is 14.9. The fraction of sp³-hybridized carbons (Fsp3) is 0.263. The van der Waals surface area contributed by atoms with Crippen molar-refractivity contribution in [1.82, 2.24) is 5.32 Å². The third-order valence-electron chi connectivity index (χ3n) is 3.44. The Morgan fingerprint density at radius 2 is 1.77 bits per heavy atom. The van der Waals surface area contributed by atoms with Crippen molar-refractivity contribution in [2.45, 2.75) is 26.5 Å². The number of ether oxygens (including phenoxy) is 2. The van der Waals surface area contributed by atoms with Crippen LogP contribution in [0.5, 0.6) is 11.5 Å². The number of carboxylic acids is 1. The molecule has 7 heteroatoms. The maximum absolute atomic E-state index is 12.1. The normalized spacial score (nSPS) is 10.3. The lowest BCUT2D eigenvalue weighted by atomic mass is 10.1. The number of amides is 2. The lowest BCUT2D eigenvalue weighted by Crippen LogP contribution is -2.28. The van der Waals surface area contributed by atoms with Gasteiger partial charge in [0.05, 0.1) is 18.8 Å². The van der Waals surface area contributed by atoms with Crippen LogP contribution < -0.4 is 20.1 Å². The minimum absolute atomic E-state index is 0.0262. The van der Waals surface area contributed by atoms with Crippen molar-refractivity contribution < 1.29 is 24.2 Å². The molecular formula is C19H22N2O5. The Kier molecular flexibility index (Phi) is 6.43. The van der Waals surface area contributed by atoms with Gasteiger partial charge in [0, 0.05) is 18.3 Å². The number of hydrogen-bond acceptors (Lipinski definition) is 4. The lowest BCUT2D eigenvalue weighted by Gasteiger charge is -2.15. The van der Waals surface area contributed by atoms with Crippen LogP contribution in [0.1, 0.15) is 29.8 Å². The van der Waals surface area contributed by atoms with E-state index in [-0.39, 0.29) is 24.2 Å². The number of benzene rings is 2. The smallest absolute Gasteiger partial charge is 0.335 e. The van der Waals surface area contributed by atoms with Crippen LogP contribution in [-0.2, 0) is 6.54 Å². The Morgan fingerprint density at radius 3 is 2.35 bits per heavy atom. The van der Waals surface area contributed by atoms with E-state index >= 15 is 0 Å². The van der Waals surface area contributed by atoms with E-state index in [9.17, 15) is 9.59 Å². The summed E-state index contributed by atoms with van der Waals surface area (Å²) < 4.78 is 10.9. The summed E-state index contributed by atoms with van der Waals surface area (Å²) in [5.74, 6) is 0.147. The van der Waals surface area contributed by atoms with Crippen LogP contribution in [0.15, 0.2) is 42.5 Å². The number of urea groups is 1. The molecule has 0 unspecified atom stereocenters. The summed E-state index contributed by atoms with van der Waals surface area (Å²) in [6.07, 6.45) is -0.0262. The minimum Gasteiger partial charge on any atom is -0.493 e. The third-order valence-corrected chi connectivity index (χ3v) is 3.44. The van der Waals surface area contributed by atoms with Crippen LogP contribution >= 0.6 is 0 Å².